The van der Waals surface area contributed by atoms with Crippen LogP contribution in [0.25, 0.3) is 0 Å². The zero-order chi connectivity index (χ0) is 28.6. The standard InChI is InChI=1S/C29H33BrClN3O4S/c1-4-21(2)32-29(36)27(18-22-9-6-5-7-10-22)34(19-23-11-8-12-24(30)17-23)28(35)20-33(3)39(37,38)26-15-13-25(31)14-16-26/h5-17,21,27H,4,18-20H2,1-3H3,(H,32,36)/t21-,27-/m0/s1. The number of sulfonamides is 1. The lowest BCUT2D eigenvalue weighted by molar-refractivity contribution is -0.141. The highest BCUT2D eigenvalue weighted by molar-refractivity contribution is 9.10. The van der Waals surface area contributed by atoms with Gasteiger partial charge in [0.2, 0.25) is 21.8 Å². The number of nitrogens with one attached hydrogen (secondary N) is 1. The Labute approximate surface area is 244 Å². The SMILES string of the molecule is CC[C@H](C)NC(=O)[C@H](Cc1ccccc1)N(Cc1cccc(Br)c1)C(=O)CN(C)S(=O)(=O)c1ccc(Cl)cc1. The number of halogens is 2. The van der Waals surface area contributed by atoms with Crippen molar-refractivity contribution in [3.63, 3.8) is 0 Å². The fourth-order valence-electron chi connectivity index (χ4n) is 3.98. The molecule has 1 N–H and O–H groups in total. The summed E-state index contributed by atoms with van der Waals surface area (Å²) in [6, 6.07) is 21.7. The van der Waals surface area contributed by atoms with E-state index in [0.717, 1.165) is 26.3 Å². The van der Waals surface area contributed by atoms with Gasteiger partial charge in [-0.2, -0.15) is 4.31 Å². The Hall–Kier alpha value is -2.72. The van der Waals surface area contributed by atoms with Gasteiger partial charge in [-0.05, 0) is 60.9 Å². The summed E-state index contributed by atoms with van der Waals surface area (Å²) in [5.41, 5.74) is 1.69. The first kappa shape index (κ1) is 30.8. The Bertz CT molecular complexity index is 1370. The third-order valence-corrected chi connectivity index (χ3v) is 8.96. The first-order chi connectivity index (χ1) is 18.5. The molecule has 0 aliphatic rings. The summed E-state index contributed by atoms with van der Waals surface area (Å²) in [5.74, 6) is -0.782. The molecule has 39 heavy (non-hydrogen) atoms. The number of nitrogens with zero attached hydrogens (tertiary/aromatic N) is 2. The third-order valence-electron chi connectivity index (χ3n) is 6.39. The Balaban J connectivity index is 1.98. The molecule has 3 aromatic rings. The molecule has 0 aliphatic heterocycles. The van der Waals surface area contributed by atoms with Crippen LogP contribution in [0.3, 0.4) is 0 Å². The Morgan fingerprint density at radius 2 is 1.62 bits per heavy atom. The van der Waals surface area contributed by atoms with Crippen molar-refractivity contribution in [3.8, 4) is 0 Å². The monoisotopic (exact) mass is 633 g/mol. The summed E-state index contributed by atoms with van der Waals surface area (Å²) in [6.45, 7) is 3.56. The highest BCUT2D eigenvalue weighted by Crippen LogP contribution is 2.21. The Morgan fingerprint density at radius 3 is 2.23 bits per heavy atom. The second kappa shape index (κ2) is 14.1. The molecule has 208 valence electrons. The summed E-state index contributed by atoms with van der Waals surface area (Å²) in [6.07, 6.45) is 1.00. The van der Waals surface area contributed by atoms with Gasteiger partial charge in [-0.3, -0.25) is 9.59 Å². The van der Waals surface area contributed by atoms with Gasteiger partial charge in [-0.25, -0.2) is 8.42 Å². The molecule has 7 nitrogen and oxygen atoms in total. The van der Waals surface area contributed by atoms with Crippen molar-refractivity contribution in [2.24, 2.45) is 0 Å². The number of hydrogen-bond donors (Lipinski definition) is 1. The van der Waals surface area contributed by atoms with Crippen molar-refractivity contribution in [2.45, 2.75) is 50.2 Å². The van der Waals surface area contributed by atoms with Gasteiger partial charge in [-0.1, -0.05) is 76.9 Å². The molecule has 0 bridgehead atoms. The van der Waals surface area contributed by atoms with Crippen molar-refractivity contribution >= 4 is 49.4 Å². The molecular weight excluding hydrogens is 602 g/mol. The van der Waals surface area contributed by atoms with E-state index in [1.54, 1.807) is 0 Å². The van der Waals surface area contributed by atoms with Crippen LogP contribution in [-0.4, -0.2) is 55.1 Å². The lowest BCUT2D eigenvalue weighted by Gasteiger charge is -2.33. The molecular formula is C29H33BrClN3O4S. The van der Waals surface area contributed by atoms with Crippen LogP contribution in [0.2, 0.25) is 5.02 Å². The van der Waals surface area contributed by atoms with Crippen LogP contribution in [-0.2, 0) is 32.6 Å². The number of likely N-dealkylation sites (N-methyl/N-ethyl adjacent to an activating group) is 1. The molecule has 0 spiro atoms. The van der Waals surface area contributed by atoms with Gasteiger partial charge in [0.05, 0.1) is 11.4 Å². The van der Waals surface area contributed by atoms with E-state index in [0.29, 0.717) is 5.02 Å². The molecule has 3 aromatic carbocycles. The highest BCUT2D eigenvalue weighted by Gasteiger charge is 2.33. The van der Waals surface area contributed by atoms with Crippen molar-refractivity contribution in [1.29, 1.82) is 0 Å². The zero-order valence-electron chi connectivity index (χ0n) is 22.2. The van der Waals surface area contributed by atoms with Crippen LogP contribution >= 0.6 is 27.5 Å². The molecule has 0 saturated heterocycles. The molecule has 0 unspecified atom stereocenters. The van der Waals surface area contributed by atoms with E-state index in [4.69, 9.17) is 11.6 Å². The normalized spacial score (nSPS) is 13.1. The minimum Gasteiger partial charge on any atom is -0.352 e. The van der Waals surface area contributed by atoms with Gasteiger partial charge in [0, 0.05) is 35.6 Å². The summed E-state index contributed by atoms with van der Waals surface area (Å²) < 4.78 is 28.3. The number of hydrogen-bond acceptors (Lipinski definition) is 4. The average molecular weight is 635 g/mol. The van der Waals surface area contributed by atoms with E-state index >= 15 is 0 Å². The second-order valence-corrected chi connectivity index (χ2v) is 12.8. The van der Waals surface area contributed by atoms with E-state index in [1.165, 1.54) is 36.2 Å². The molecule has 3 rings (SSSR count). The van der Waals surface area contributed by atoms with E-state index in [2.05, 4.69) is 21.2 Å². The maximum atomic E-state index is 13.9. The molecule has 2 amide bonds. The van der Waals surface area contributed by atoms with Gasteiger partial charge < -0.3 is 10.2 Å². The molecule has 0 aromatic heterocycles. The van der Waals surface area contributed by atoms with Crippen LogP contribution in [0.15, 0.2) is 88.2 Å². The van der Waals surface area contributed by atoms with Crippen LogP contribution in [0, 0.1) is 0 Å². The number of carbonyl (C=O) groups is 2. The number of carbonyl (C=O) groups excluding carboxylic acids is 2. The topological polar surface area (TPSA) is 86.8 Å². The summed E-state index contributed by atoms with van der Waals surface area (Å²) in [5, 5.41) is 3.42. The van der Waals surface area contributed by atoms with E-state index in [1.807, 2.05) is 68.4 Å². The average Bonchev–Trinajstić information content (AvgIpc) is 2.91. The predicted molar refractivity (Wildman–Crippen MR) is 158 cm³/mol. The smallest absolute Gasteiger partial charge is 0.243 e. The Kier molecular flexibility index (Phi) is 11.1. The molecule has 10 heteroatoms. The molecule has 0 saturated carbocycles. The minimum absolute atomic E-state index is 0.0242. The van der Waals surface area contributed by atoms with Crippen molar-refractivity contribution in [2.75, 3.05) is 13.6 Å². The first-order valence-electron chi connectivity index (χ1n) is 12.6. The molecule has 2 atom stereocenters. The van der Waals surface area contributed by atoms with Gasteiger partial charge in [0.25, 0.3) is 0 Å². The van der Waals surface area contributed by atoms with Crippen molar-refractivity contribution in [3.05, 3.63) is 99.5 Å². The maximum Gasteiger partial charge on any atom is 0.243 e. The van der Waals surface area contributed by atoms with Crippen molar-refractivity contribution < 1.29 is 18.0 Å². The molecule has 0 fully saturated rings. The molecule has 0 heterocycles. The predicted octanol–water partition coefficient (Wildman–Crippen LogP) is 5.28. The van der Waals surface area contributed by atoms with Crippen LogP contribution < -0.4 is 5.32 Å². The van der Waals surface area contributed by atoms with E-state index < -0.39 is 28.5 Å². The first-order valence-corrected chi connectivity index (χ1v) is 15.2. The lowest BCUT2D eigenvalue weighted by atomic mass is 10.0. The summed E-state index contributed by atoms with van der Waals surface area (Å²) in [4.78, 5) is 29.0. The summed E-state index contributed by atoms with van der Waals surface area (Å²) in [7, 11) is -2.62. The quantitative estimate of drug-likeness (QED) is 0.294. The van der Waals surface area contributed by atoms with Gasteiger partial charge >= 0.3 is 0 Å². The third kappa shape index (κ3) is 8.63. The fourth-order valence-corrected chi connectivity index (χ4v) is 5.67. The molecule has 0 aliphatic carbocycles. The number of benzene rings is 3. The van der Waals surface area contributed by atoms with Crippen LogP contribution in [0.5, 0.6) is 0 Å². The van der Waals surface area contributed by atoms with Gasteiger partial charge in [0.15, 0.2) is 0 Å². The van der Waals surface area contributed by atoms with Gasteiger partial charge in [0.1, 0.15) is 6.04 Å². The minimum atomic E-state index is -3.97. The van der Waals surface area contributed by atoms with E-state index in [-0.39, 0.29) is 29.8 Å². The van der Waals surface area contributed by atoms with Crippen LogP contribution in [0.1, 0.15) is 31.4 Å². The van der Waals surface area contributed by atoms with Crippen LogP contribution in [0.4, 0.5) is 0 Å². The summed E-state index contributed by atoms with van der Waals surface area (Å²) >= 11 is 9.39. The number of amides is 2. The zero-order valence-corrected chi connectivity index (χ0v) is 25.3. The van der Waals surface area contributed by atoms with E-state index in [9.17, 15) is 18.0 Å². The lowest BCUT2D eigenvalue weighted by Crippen LogP contribution is -2.54. The highest BCUT2D eigenvalue weighted by atomic mass is 79.9. The maximum absolute atomic E-state index is 13.9. The Morgan fingerprint density at radius 1 is 0.974 bits per heavy atom. The van der Waals surface area contributed by atoms with Crippen molar-refractivity contribution in [1.82, 2.24) is 14.5 Å². The molecule has 0 radical (unpaired) electrons. The number of rotatable bonds is 12. The fraction of sp³-hybridized carbons (Fsp3) is 0.310. The second-order valence-electron chi connectivity index (χ2n) is 9.39. The van der Waals surface area contributed by atoms with Gasteiger partial charge in [-0.15, -0.1) is 0 Å². The largest absolute Gasteiger partial charge is 0.352 e.